The fourth-order valence-corrected chi connectivity index (χ4v) is 2.84. The number of fused-ring (bicyclic) bond motifs is 1. The van der Waals surface area contributed by atoms with E-state index in [9.17, 15) is 0 Å². The maximum Gasteiger partial charge on any atom is 0.264 e. The Morgan fingerprint density at radius 1 is 1.28 bits per heavy atom. The third-order valence-corrected chi connectivity index (χ3v) is 3.87. The zero-order valence-electron chi connectivity index (χ0n) is 9.61. The second-order valence-electron chi connectivity index (χ2n) is 4.40. The third kappa shape index (κ3) is 1.71. The third-order valence-electron chi connectivity index (χ3n) is 3.03. The summed E-state index contributed by atoms with van der Waals surface area (Å²) in [6.07, 6.45) is 6.36. The minimum absolute atomic E-state index is 0.624. The molecule has 4 nitrogen and oxygen atoms in total. The summed E-state index contributed by atoms with van der Waals surface area (Å²) in [6, 6.07) is 8.42. The summed E-state index contributed by atoms with van der Waals surface area (Å²) in [4.78, 5) is 8.82. The van der Waals surface area contributed by atoms with Gasteiger partial charge in [-0.2, -0.15) is 0 Å². The predicted octanol–water partition coefficient (Wildman–Crippen LogP) is 3.51. The molecule has 90 valence electrons. The number of hydrogen-bond acceptors (Lipinski definition) is 4. The van der Waals surface area contributed by atoms with Crippen molar-refractivity contribution in [1.82, 2.24) is 14.5 Å². The highest BCUT2D eigenvalue weighted by Gasteiger charge is 2.26. The summed E-state index contributed by atoms with van der Waals surface area (Å²) >= 11 is 1.49. The number of hydrogen-bond donors (Lipinski definition) is 0. The van der Waals surface area contributed by atoms with Crippen LogP contribution < -0.4 is 0 Å². The Hall–Kier alpha value is -1.75. The minimum Gasteiger partial charge on any atom is -0.431 e. The number of benzene rings is 1. The summed E-state index contributed by atoms with van der Waals surface area (Å²) in [6.45, 7) is 0. The molecule has 5 heteroatoms. The summed E-state index contributed by atoms with van der Waals surface area (Å²) in [5.74, 6) is 0. The first-order chi connectivity index (χ1) is 8.90. The van der Waals surface area contributed by atoms with Crippen molar-refractivity contribution in [2.24, 2.45) is 0 Å². The molecule has 0 radical (unpaired) electrons. The molecule has 1 aliphatic carbocycles. The zero-order valence-corrected chi connectivity index (χ0v) is 10.4. The largest absolute Gasteiger partial charge is 0.431 e. The summed E-state index contributed by atoms with van der Waals surface area (Å²) in [5, 5.41) is 1.62. The average Bonchev–Trinajstić information content (AvgIpc) is 2.98. The average molecular weight is 257 g/mol. The van der Waals surface area contributed by atoms with E-state index >= 15 is 0 Å². The highest BCUT2D eigenvalue weighted by Crippen LogP contribution is 2.39. The SMILES string of the molecule is c1ccc2oc(Sc3nccn3C3CC3)nc2c1. The minimum atomic E-state index is 0.624. The van der Waals surface area contributed by atoms with Gasteiger partial charge in [-0.1, -0.05) is 12.1 Å². The van der Waals surface area contributed by atoms with Gasteiger partial charge in [0, 0.05) is 30.2 Å². The Labute approximate surface area is 108 Å². The molecule has 0 unspecified atom stereocenters. The smallest absolute Gasteiger partial charge is 0.264 e. The van der Waals surface area contributed by atoms with Crippen molar-refractivity contribution in [3.8, 4) is 0 Å². The van der Waals surface area contributed by atoms with E-state index in [2.05, 4.69) is 14.5 Å². The van der Waals surface area contributed by atoms with Crippen LogP contribution in [-0.4, -0.2) is 14.5 Å². The van der Waals surface area contributed by atoms with Crippen LogP contribution in [0.2, 0.25) is 0 Å². The molecular formula is C13H11N3OS. The molecular weight excluding hydrogens is 246 g/mol. The zero-order chi connectivity index (χ0) is 11.9. The molecule has 0 atom stereocenters. The molecule has 0 aliphatic heterocycles. The summed E-state index contributed by atoms with van der Waals surface area (Å²) < 4.78 is 7.90. The molecule has 0 bridgehead atoms. The Bertz CT molecular complexity index is 666. The Morgan fingerprint density at radius 3 is 3.00 bits per heavy atom. The first-order valence-electron chi connectivity index (χ1n) is 5.96. The van der Waals surface area contributed by atoms with Gasteiger partial charge in [0.05, 0.1) is 0 Å². The van der Waals surface area contributed by atoms with Crippen LogP contribution in [0, 0.1) is 0 Å². The fraction of sp³-hybridized carbons (Fsp3) is 0.231. The van der Waals surface area contributed by atoms with E-state index in [-0.39, 0.29) is 0 Å². The molecule has 2 aromatic heterocycles. The number of oxazole rings is 1. The van der Waals surface area contributed by atoms with Gasteiger partial charge < -0.3 is 8.98 Å². The molecule has 1 fully saturated rings. The molecule has 1 aliphatic rings. The van der Waals surface area contributed by atoms with E-state index in [1.165, 1.54) is 24.6 Å². The monoisotopic (exact) mass is 257 g/mol. The molecule has 4 rings (SSSR count). The summed E-state index contributed by atoms with van der Waals surface area (Å²) in [7, 11) is 0. The van der Waals surface area contributed by atoms with Gasteiger partial charge in [-0.05, 0) is 25.0 Å². The van der Waals surface area contributed by atoms with Crippen LogP contribution in [0.1, 0.15) is 18.9 Å². The van der Waals surface area contributed by atoms with Crippen molar-refractivity contribution in [2.45, 2.75) is 29.3 Å². The van der Waals surface area contributed by atoms with Gasteiger partial charge in [-0.25, -0.2) is 9.97 Å². The molecule has 2 heterocycles. The van der Waals surface area contributed by atoms with E-state index in [4.69, 9.17) is 4.42 Å². The molecule has 1 saturated carbocycles. The number of nitrogens with zero attached hydrogens (tertiary/aromatic N) is 3. The van der Waals surface area contributed by atoms with Gasteiger partial charge >= 0.3 is 0 Å². The maximum atomic E-state index is 5.70. The van der Waals surface area contributed by atoms with Crippen molar-refractivity contribution in [1.29, 1.82) is 0 Å². The van der Waals surface area contributed by atoms with E-state index < -0.39 is 0 Å². The van der Waals surface area contributed by atoms with E-state index in [0.717, 1.165) is 16.3 Å². The normalized spacial score (nSPS) is 15.3. The van der Waals surface area contributed by atoms with Crippen LogP contribution in [0.3, 0.4) is 0 Å². The lowest BCUT2D eigenvalue weighted by Crippen LogP contribution is -1.93. The van der Waals surface area contributed by atoms with Crippen molar-refractivity contribution in [3.05, 3.63) is 36.7 Å². The number of imidazole rings is 1. The lowest BCUT2D eigenvalue weighted by molar-refractivity contribution is 0.487. The van der Waals surface area contributed by atoms with Crippen LogP contribution >= 0.6 is 11.8 Å². The van der Waals surface area contributed by atoms with E-state index in [1.54, 1.807) is 0 Å². The highest BCUT2D eigenvalue weighted by molar-refractivity contribution is 7.99. The van der Waals surface area contributed by atoms with Crippen LogP contribution in [0.15, 0.2) is 51.5 Å². The van der Waals surface area contributed by atoms with Crippen LogP contribution in [0.4, 0.5) is 0 Å². The van der Waals surface area contributed by atoms with Crippen molar-refractivity contribution in [3.63, 3.8) is 0 Å². The lowest BCUT2D eigenvalue weighted by atomic mass is 10.3. The standard InChI is InChI=1S/C13H11N3OS/c1-2-4-11-10(3-1)15-13(17-11)18-12-14-7-8-16(12)9-5-6-9/h1-4,7-9H,5-6H2. The van der Waals surface area contributed by atoms with E-state index in [0.29, 0.717) is 11.3 Å². The molecule has 0 spiro atoms. The van der Waals surface area contributed by atoms with Gasteiger partial charge in [0.2, 0.25) is 0 Å². The van der Waals surface area contributed by atoms with Gasteiger partial charge in [-0.15, -0.1) is 0 Å². The lowest BCUT2D eigenvalue weighted by Gasteiger charge is -2.01. The second-order valence-corrected chi connectivity index (χ2v) is 5.32. The van der Waals surface area contributed by atoms with Gasteiger partial charge in [0.15, 0.2) is 10.7 Å². The van der Waals surface area contributed by atoms with Crippen molar-refractivity contribution in [2.75, 3.05) is 0 Å². The molecule has 0 N–H and O–H groups in total. The number of para-hydroxylation sites is 2. The van der Waals surface area contributed by atoms with Crippen LogP contribution in [0.25, 0.3) is 11.1 Å². The maximum absolute atomic E-state index is 5.70. The van der Waals surface area contributed by atoms with Crippen molar-refractivity contribution < 1.29 is 4.42 Å². The highest BCUT2D eigenvalue weighted by atomic mass is 32.2. The van der Waals surface area contributed by atoms with Crippen LogP contribution in [0.5, 0.6) is 0 Å². The second kappa shape index (κ2) is 3.88. The molecule has 3 aromatic rings. The van der Waals surface area contributed by atoms with Crippen LogP contribution in [-0.2, 0) is 0 Å². The first kappa shape index (κ1) is 10.2. The van der Waals surface area contributed by atoms with Crippen molar-refractivity contribution >= 4 is 22.9 Å². The number of aromatic nitrogens is 3. The Balaban J connectivity index is 1.68. The number of rotatable bonds is 3. The van der Waals surface area contributed by atoms with E-state index in [1.807, 2.05) is 36.7 Å². The fourth-order valence-electron chi connectivity index (χ4n) is 1.98. The molecule has 1 aromatic carbocycles. The first-order valence-corrected chi connectivity index (χ1v) is 6.78. The van der Waals surface area contributed by atoms with Gasteiger partial charge in [0.25, 0.3) is 5.22 Å². The molecule has 0 saturated heterocycles. The van der Waals surface area contributed by atoms with Gasteiger partial charge in [0.1, 0.15) is 5.52 Å². The Morgan fingerprint density at radius 2 is 2.17 bits per heavy atom. The molecule has 18 heavy (non-hydrogen) atoms. The quantitative estimate of drug-likeness (QED) is 0.720. The Kier molecular flexibility index (Phi) is 2.20. The topological polar surface area (TPSA) is 43.9 Å². The summed E-state index contributed by atoms with van der Waals surface area (Å²) in [5.41, 5.74) is 1.72. The predicted molar refractivity (Wildman–Crippen MR) is 68.6 cm³/mol. The van der Waals surface area contributed by atoms with Gasteiger partial charge in [-0.3, -0.25) is 0 Å². The molecule has 0 amide bonds.